The van der Waals surface area contributed by atoms with Crippen LogP contribution in [0.25, 0.3) is 32.9 Å². The summed E-state index contributed by atoms with van der Waals surface area (Å²) < 4.78 is 0. The molecule has 0 saturated heterocycles. The molecule has 0 bridgehead atoms. The van der Waals surface area contributed by atoms with E-state index in [0.717, 1.165) is 32.9 Å². The van der Waals surface area contributed by atoms with Crippen LogP contribution in [0.2, 0.25) is 0 Å². The molecular formula is C18H13N3O. The van der Waals surface area contributed by atoms with Crippen LogP contribution in [-0.2, 0) is 0 Å². The molecule has 4 aromatic rings. The van der Waals surface area contributed by atoms with Crippen LogP contribution in [0.15, 0.2) is 60.9 Å². The van der Waals surface area contributed by atoms with Gasteiger partial charge < -0.3 is 10.7 Å². The molecule has 0 unspecified atom stereocenters. The molecule has 2 heterocycles. The molecule has 0 spiro atoms. The Kier molecular flexibility index (Phi) is 2.69. The van der Waals surface area contributed by atoms with Gasteiger partial charge in [-0.05, 0) is 41.5 Å². The van der Waals surface area contributed by atoms with Gasteiger partial charge >= 0.3 is 0 Å². The summed E-state index contributed by atoms with van der Waals surface area (Å²) in [7, 11) is 0. The van der Waals surface area contributed by atoms with Crippen LogP contribution in [0.1, 0.15) is 10.4 Å². The van der Waals surface area contributed by atoms with E-state index in [1.54, 1.807) is 6.20 Å². The van der Waals surface area contributed by atoms with Crippen molar-refractivity contribution in [3.05, 3.63) is 66.5 Å². The van der Waals surface area contributed by atoms with Gasteiger partial charge in [-0.3, -0.25) is 9.78 Å². The van der Waals surface area contributed by atoms with Gasteiger partial charge in [-0.15, -0.1) is 0 Å². The van der Waals surface area contributed by atoms with Gasteiger partial charge in [0.1, 0.15) is 0 Å². The number of fused-ring (bicyclic) bond motifs is 2. The van der Waals surface area contributed by atoms with Gasteiger partial charge in [-0.2, -0.15) is 0 Å². The second-order valence-electron chi connectivity index (χ2n) is 5.21. The third kappa shape index (κ3) is 1.85. The lowest BCUT2D eigenvalue weighted by Crippen LogP contribution is -2.11. The van der Waals surface area contributed by atoms with Gasteiger partial charge in [-0.25, -0.2) is 0 Å². The SMILES string of the molecule is NC(=O)c1cc(-c2cccc3ncccc23)cc2cc[nH]c12. The second kappa shape index (κ2) is 4.70. The van der Waals surface area contributed by atoms with E-state index in [0.29, 0.717) is 5.56 Å². The maximum Gasteiger partial charge on any atom is 0.250 e. The number of carbonyl (C=O) groups is 1. The Labute approximate surface area is 126 Å². The Morgan fingerprint density at radius 2 is 2.00 bits per heavy atom. The average molecular weight is 287 g/mol. The van der Waals surface area contributed by atoms with Gasteiger partial charge in [-0.1, -0.05) is 18.2 Å². The highest BCUT2D eigenvalue weighted by atomic mass is 16.1. The Hall–Kier alpha value is -3.14. The van der Waals surface area contributed by atoms with E-state index in [1.165, 1.54) is 0 Å². The molecule has 0 fully saturated rings. The van der Waals surface area contributed by atoms with Crippen molar-refractivity contribution < 1.29 is 4.79 Å². The van der Waals surface area contributed by atoms with Gasteiger partial charge in [0.2, 0.25) is 0 Å². The number of benzene rings is 2. The number of nitrogens with one attached hydrogen (secondary N) is 1. The van der Waals surface area contributed by atoms with Crippen molar-refractivity contribution in [2.45, 2.75) is 0 Å². The summed E-state index contributed by atoms with van der Waals surface area (Å²) in [4.78, 5) is 19.2. The zero-order valence-corrected chi connectivity index (χ0v) is 11.7. The molecule has 1 amide bonds. The predicted octanol–water partition coefficient (Wildman–Crippen LogP) is 3.48. The maximum atomic E-state index is 11.7. The van der Waals surface area contributed by atoms with Gasteiger partial charge in [0.05, 0.1) is 16.6 Å². The number of pyridine rings is 1. The Morgan fingerprint density at radius 1 is 1.09 bits per heavy atom. The molecular weight excluding hydrogens is 274 g/mol. The number of hydrogen-bond donors (Lipinski definition) is 2. The smallest absolute Gasteiger partial charge is 0.250 e. The largest absolute Gasteiger partial charge is 0.366 e. The molecule has 106 valence electrons. The monoisotopic (exact) mass is 287 g/mol. The molecule has 4 rings (SSSR count). The number of carbonyl (C=O) groups excluding carboxylic acids is 1. The topological polar surface area (TPSA) is 71.8 Å². The first-order valence-corrected chi connectivity index (χ1v) is 6.99. The van der Waals surface area contributed by atoms with E-state index >= 15 is 0 Å². The number of H-pyrrole nitrogens is 1. The Balaban J connectivity index is 2.06. The molecule has 0 saturated carbocycles. The normalized spacial score (nSPS) is 11.1. The average Bonchev–Trinajstić information content (AvgIpc) is 3.01. The van der Waals surface area contributed by atoms with Crippen LogP contribution in [0.5, 0.6) is 0 Å². The Morgan fingerprint density at radius 3 is 2.86 bits per heavy atom. The summed E-state index contributed by atoms with van der Waals surface area (Å²) in [5.41, 5.74) is 9.72. The summed E-state index contributed by atoms with van der Waals surface area (Å²) in [5.74, 6) is -0.437. The first-order chi connectivity index (χ1) is 10.7. The van der Waals surface area contributed by atoms with Crippen LogP contribution in [-0.4, -0.2) is 15.9 Å². The van der Waals surface area contributed by atoms with Gasteiger partial charge in [0.15, 0.2) is 0 Å². The molecule has 4 heteroatoms. The highest BCUT2D eigenvalue weighted by molar-refractivity contribution is 6.08. The molecule has 2 aromatic heterocycles. The molecule has 0 atom stereocenters. The minimum atomic E-state index is -0.437. The predicted molar refractivity (Wildman–Crippen MR) is 87.6 cm³/mol. The van der Waals surface area contributed by atoms with Crippen LogP contribution >= 0.6 is 0 Å². The summed E-state index contributed by atoms with van der Waals surface area (Å²) in [6.45, 7) is 0. The van der Waals surface area contributed by atoms with Crippen LogP contribution in [0.4, 0.5) is 0 Å². The lowest BCUT2D eigenvalue weighted by Gasteiger charge is -2.09. The second-order valence-corrected chi connectivity index (χ2v) is 5.21. The first-order valence-electron chi connectivity index (χ1n) is 6.99. The minimum Gasteiger partial charge on any atom is -0.366 e. The van der Waals surface area contributed by atoms with Crippen LogP contribution < -0.4 is 5.73 Å². The van der Waals surface area contributed by atoms with Crippen molar-refractivity contribution in [3.8, 4) is 11.1 Å². The first kappa shape index (κ1) is 12.6. The molecule has 2 aromatic carbocycles. The molecule has 3 N–H and O–H groups in total. The fourth-order valence-electron chi connectivity index (χ4n) is 2.88. The van der Waals surface area contributed by atoms with E-state index in [4.69, 9.17) is 5.73 Å². The van der Waals surface area contributed by atoms with E-state index in [9.17, 15) is 4.79 Å². The number of hydrogen-bond acceptors (Lipinski definition) is 2. The number of rotatable bonds is 2. The molecule has 22 heavy (non-hydrogen) atoms. The van der Waals surface area contributed by atoms with Crippen molar-refractivity contribution >= 4 is 27.7 Å². The summed E-state index contributed by atoms with van der Waals surface area (Å²) in [6.07, 6.45) is 3.59. The third-order valence-corrected chi connectivity index (χ3v) is 3.88. The molecule has 0 aliphatic carbocycles. The lowest BCUT2D eigenvalue weighted by atomic mass is 9.97. The van der Waals surface area contributed by atoms with Crippen LogP contribution in [0, 0.1) is 0 Å². The Bertz CT molecular complexity index is 1010. The van der Waals surface area contributed by atoms with Crippen molar-refractivity contribution in [1.82, 2.24) is 9.97 Å². The summed E-state index contributed by atoms with van der Waals surface area (Å²) in [5, 5.41) is 2.02. The molecule has 4 nitrogen and oxygen atoms in total. The molecule has 0 radical (unpaired) electrons. The van der Waals surface area contributed by atoms with E-state index in [2.05, 4.69) is 16.0 Å². The number of primary amides is 1. The number of aromatic amines is 1. The minimum absolute atomic E-state index is 0.437. The number of amides is 1. The van der Waals surface area contributed by atoms with Crippen molar-refractivity contribution in [2.75, 3.05) is 0 Å². The fourth-order valence-corrected chi connectivity index (χ4v) is 2.88. The molecule has 0 aliphatic heterocycles. The fraction of sp³-hybridized carbons (Fsp3) is 0. The standard InChI is InChI=1S/C18H13N3O/c19-18(22)15-10-12(9-11-6-8-21-17(11)15)13-3-1-5-16-14(13)4-2-7-20-16/h1-10,21H,(H2,19,22). The highest BCUT2D eigenvalue weighted by Gasteiger charge is 2.12. The van der Waals surface area contributed by atoms with E-state index < -0.39 is 5.91 Å². The molecule has 0 aliphatic rings. The zero-order chi connectivity index (χ0) is 15.1. The van der Waals surface area contributed by atoms with Crippen molar-refractivity contribution in [1.29, 1.82) is 0 Å². The van der Waals surface area contributed by atoms with E-state index in [-0.39, 0.29) is 0 Å². The highest BCUT2D eigenvalue weighted by Crippen LogP contribution is 2.31. The number of nitrogens with two attached hydrogens (primary N) is 1. The maximum absolute atomic E-state index is 11.7. The lowest BCUT2D eigenvalue weighted by molar-refractivity contribution is 0.100. The van der Waals surface area contributed by atoms with Crippen molar-refractivity contribution in [2.24, 2.45) is 5.73 Å². The van der Waals surface area contributed by atoms with Crippen LogP contribution in [0.3, 0.4) is 0 Å². The third-order valence-electron chi connectivity index (χ3n) is 3.88. The quantitative estimate of drug-likeness (QED) is 0.592. The number of aromatic nitrogens is 2. The zero-order valence-electron chi connectivity index (χ0n) is 11.7. The van der Waals surface area contributed by atoms with E-state index in [1.807, 2.05) is 48.7 Å². The van der Waals surface area contributed by atoms with Gasteiger partial charge in [0, 0.05) is 23.2 Å². The number of nitrogens with zero attached hydrogens (tertiary/aromatic N) is 1. The summed E-state index contributed by atoms with van der Waals surface area (Å²) in [6, 6.07) is 15.7. The van der Waals surface area contributed by atoms with Gasteiger partial charge in [0.25, 0.3) is 5.91 Å². The summed E-state index contributed by atoms with van der Waals surface area (Å²) >= 11 is 0. The van der Waals surface area contributed by atoms with Crippen molar-refractivity contribution in [3.63, 3.8) is 0 Å².